The molecule has 0 saturated carbocycles. The first-order chi connectivity index (χ1) is 7.53. The van der Waals surface area contributed by atoms with Crippen molar-refractivity contribution in [2.24, 2.45) is 5.73 Å². The number of aliphatic hydroxyl groups excluding tert-OH is 1. The highest BCUT2D eigenvalue weighted by Crippen LogP contribution is 2.30. The number of rotatable bonds is 2. The smallest absolute Gasteiger partial charge is 0.0966 e. The van der Waals surface area contributed by atoms with Crippen molar-refractivity contribution >= 4 is 0 Å². The van der Waals surface area contributed by atoms with Crippen LogP contribution in [0.1, 0.15) is 57.4 Å². The van der Waals surface area contributed by atoms with E-state index in [1.165, 1.54) is 5.56 Å². The van der Waals surface area contributed by atoms with E-state index in [1.54, 1.807) is 0 Å². The molecule has 0 spiro atoms. The van der Waals surface area contributed by atoms with E-state index in [1.807, 2.05) is 20.8 Å². The van der Waals surface area contributed by atoms with Gasteiger partial charge in [-0.3, -0.25) is 0 Å². The van der Waals surface area contributed by atoms with E-state index in [2.05, 4.69) is 39.0 Å². The number of benzene rings is 1. The SMILES string of the molecule is Cc1ccc(C(C)(C)C)cc1C(O)C(C)(C)N. The molecule has 0 aliphatic heterocycles. The van der Waals surface area contributed by atoms with E-state index in [9.17, 15) is 5.11 Å². The monoisotopic (exact) mass is 235 g/mol. The molecule has 1 unspecified atom stereocenters. The van der Waals surface area contributed by atoms with E-state index in [4.69, 9.17) is 5.73 Å². The van der Waals surface area contributed by atoms with Crippen LogP contribution < -0.4 is 5.73 Å². The zero-order valence-electron chi connectivity index (χ0n) is 11.8. The molecule has 0 fully saturated rings. The van der Waals surface area contributed by atoms with Gasteiger partial charge in [0.1, 0.15) is 0 Å². The molecular weight excluding hydrogens is 210 g/mol. The zero-order chi connectivity index (χ0) is 13.4. The lowest BCUT2D eigenvalue weighted by Gasteiger charge is -2.29. The molecule has 2 heteroatoms. The molecule has 0 aromatic heterocycles. The van der Waals surface area contributed by atoms with Crippen molar-refractivity contribution in [3.05, 3.63) is 34.9 Å². The molecule has 0 amide bonds. The fourth-order valence-electron chi connectivity index (χ4n) is 1.80. The maximum Gasteiger partial charge on any atom is 0.0966 e. The largest absolute Gasteiger partial charge is 0.386 e. The summed E-state index contributed by atoms with van der Waals surface area (Å²) in [7, 11) is 0. The van der Waals surface area contributed by atoms with E-state index >= 15 is 0 Å². The van der Waals surface area contributed by atoms with Gasteiger partial charge in [-0.05, 0) is 42.9 Å². The van der Waals surface area contributed by atoms with Crippen LogP contribution in [0, 0.1) is 6.92 Å². The molecule has 1 rings (SSSR count). The van der Waals surface area contributed by atoms with Gasteiger partial charge in [0, 0.05) is 5.54 Å². The maximum atomic E-state index is 10.3. The first-order valence-corrected chi connectivity index (χ1v) is 6.11. The third-order valence-electron chi connectivity index (χ3n) is 3.14. The van der Waals surface area contributed by atoms with Gasteiger partial charge in [0.05, 0.1) is 6.10 Å². The first kappa shape index (κ1) is 14.2. The molecule has 0 bridgehead atoms. The van der Waals surface area contributed by atoms with Gasteiger partial charge < -0.3 is 10.8 Å². The van der Waals surface area contributed by atoms with Crippen molar-refractivity contribution in [2.45, 2.75) is 58.6 Å². The van der Waals surface area contributed by atoms with Crippen molar-refractivity contribution in [3.63, 3.8) is 0 Å². The van der Waals surface area contributed by atoms with Crippen LogP contribution in [0.2, 0.25) is 0 Å². The fraction of sp³-hybridized carbons (Fsp3) is 0.600. The van der Waals surface area contributed by atoms with Crippen LogP contribution in [-0.4, -0.2) is 10.6 Å². The minimum atomic E-state index is -0.634. The Hall–Kier alpha value is -0.860. The summed E-state index contributed by atoms with van der Waals surface area (Å²) in [6.07, 6.45) is -0.634. The Morgan fingerprint density at radius 1 is 1.12 bits per heavy atom. The van der Waals surface area contributed by atoms with Crippen molar-refractivity contribution in [1.82, 2.24) is 0 Å². The van der Waals surface area contributed by atoms with Gasteiger partial charge in [-0.1, -0.05) is 39.0 Å². The molecular formula is C15H25NO. The second-order valence-corrected chi connectivity index (χ2v) is 6.55. The van der Waals surface area contributed by atoms with Crippen molar-refractivity contribution in [2.75, 3.05) is 0 Å². The summed E-state index contributed by atoms with van der Waals surface area (Å²) in [5.74, 6) is 0. The summed E-state index contributed by atoms with van der Waals surface area (Å²) in [4.78, 5) is 0. The van der Waals surface area contributed by atoms with Crippen LogP contribution in [0.25, 0.3) is 0 Å². The van der Waals surface area contributed by atoms with Crippen molar-refractivity contribution in [3.8, 4) is 0 Å². The van der Waals surface area contributed by atoms with Crippen LogP contribution in [0.5, 0.6) is 0 Å². The Morgan fingerprint density at radius 3 is 2.06 bits per heavy atom. The topological polar surface area (TPSA) is 46.2 Å². The Balaban J connectivity index is 3.25. The highest BCUT2D eigenvalue weighted by atomic mass is 16.3. The number of aliphatic hydroxyl groups is 1. The van der Waals surface area contributed by atoms with Crippen molar-refractivity contribution in [1.29, 1.82) is 0 Å². The van der Waals surface area contributed by atoms with E-state index in [-0.39, 0.29) is 5.41 Å². The third kappa shape index (κ3) is 3.30. The van der Waals surface area contributed by atoms with Crippen LogP contribution in [-0.2, 0) is 5.41 Å². The second-order valence-electron chi connectivity index (χ2n) is 6.55. The maximum absolute atomic E-state index is 10.3. The molecule has 17 heavy (non-hydrogen) atoms. The number of aryl methyl sites for hydroxylation is 1. The lowest BCUT2D eigenvalue weighted by atomic mass is 9.82. The van der Waals surface area contributed by atoms with Crippen LogP contribution >= 0.6 is 0 Å². The predicted octanol–water partition coefficient (Wildman–Crippen LogP) is 3.06. The summed E-state index contributed by atoms with van der Waals surface area (Å²) in [5, 5.41) is 10.3. The molecule has 0 heterocycles. The van der Waals surface area contributed by atoms with Gasteiger partial charge in [0.25, 0.3) is 0 Å². The average molecular weight is 235 g/mol. The van der Waals surface area contributed by atoms with Gasteiger partial charge in [-0.15, -0.1) is 0 Å². The van der Waals surface area contributed by atoms with Crippen molar-refractivity contribution < 1.29 is 5.11 Å². The Bertz CT molecular complexity index is 396. The summed E-state index contributed by atoms with van der Waals surface area (Å²) in [5.41, 5.74) is 8.70. The van der Waals surface area contributed by atoms with Crippen LogP contribution in [0.4, 0.5) is 0 Å². The number of hydrogen-bond donors (Lipinski definition) is 2. The molecule has 1 atom stereocenters. The molecule has 1 aromatic rings. The van der Waals surface area contributed by atoms with E-state index in [0.29, 0.717) is 0 Å². The summed E-state index contributed by atoms with van der Waals surface area (Å²) in [6, 6.07) is 6.26. The standard InChI is InChI=1S/C15H25NO/c1-10-7-8-11(14(2,3)4)9-12(10)13(17)15(5,6)16/h7-9,13,17H,16H2,1-6H3. The fourth-order valence-corrected chi connectivity index (χ4v) is 1.80. The molecule has 2 nitrogen and oxygen atoms in total. The molecule has 96 valence electrons. The number of nitrogens with two attached hydrogens (primary N) is 1. The molecule has 0 radical (unpaired) electrons. The Morgan fingerprint density at radius 2 is 1.65 bits per heavy atom. The minimum Gasteiger partial charge on any atom is -0.386 e. The normalized spacial score (nSPS) is 14.8. The van der Waals surface area contributed by atoms with Gasteiger partial charge in [-0.2, -0.15) is 0 Å². The highest BCUT2D eigenvalue weighted by molar-refractivity contribution is 5.37. The van der Waals surface area contributed by atoms with Crippen LogP contribution in [0.3, 0.4) is 0 Å². The highest BCUT2D eigenvalue weighted by Gasteiger charge is 2.27. The molecule has 0 aliphatic carbocycles. The Kier molecular flexibility index (Phi) is 3.70. The predicted molar refractivity (Wildman–Crippen MR) is 73.1 cm³/mol. The average Bonchev–Trinajstić information content (AvgIpc) is 2.14. The summed E-state index contributed by atoms with van der Waals surface area (Å²) < 4.78 is 0. The van der Waals surface area contributed by atoms with Gasteiger partial charge >= 0.3 is 0 Å². The first-order valence-electron chi connectivity index (χ1n) is 6.11. The minimum absolute atomic E-state index is 0.0842. The van der Waals surface area contributed by atoms with E-state index < -0.39 is 11.6 Å². The van der Waals surface area contributed by atoms with Gasteiger partial charge in [0.2, 0.25) is 0 Å². The zero-order valence-corrected chi connectivity index (χ0v) is 11.8. The third-order valence-corrected chi connectivity index (χ3v) is 3.14. The van der Waals surface area contributed by atoms with E-state index in [0.717, 1.165) is 11.1 Å². The van der Waals surface area contributed by atoms with Gasteiger partial charge in [0.15, 0.2) is 0 Å². The van der Waals surface area contributed by atoms with Gasteiger partial charge in [-0.25, -0.2) is 0 Å². The molecule has 3 N–H and O–H groups in total. The Labute approximate surface area is 105 Å². The molecule has 0 aliphatic rings. The summed E-state index contributed by atoms with van der Waals surface area (Å²) >= 11 is 0. The lowest BCUT2D eigenvalue weighted by molar-refractivity contribution is 0.104. The summed E-state index contributed by atoms with van der Waals surface area (Å²) in [6.45, 7) is 12.2. The molecule has 1 aromatic carbocycles. The molecule has 0 saturated heterocycles. The quantitative estimate of drug-likeness (QED) is 0.827. The number of hydrogen-bond acceptors (Lipinski definition) is 2. The lowest BCUT2D eigenvalue weighted by Crippen LogP contribution is -2.39. The second kappa shape index (κ2) is 4.43. The van der Waals surface area contributed by atoms with Crippen LogP contribution in [0.15, 0.2) is 18.2 Å².